The molecule has 0 aliphatic rings. The van der Waals surface area contributed by atoms with Gasteiger partial charge in [-0.05, 0) is 48.7 Å². The minimum Gasteiger partial charge on any atom is -0.496 e. The molecule has 0 aromatic heterocycles. The molecule has 6 heteroatoms. The van der Waals surface area contributed by atoms with E-state index in [1.165, 1.54) is 4.31 Å². The van der Waals surface area contributed by atoms with Crippen molar-refractivity contribution in [2.45, 2.75) is 25.3 Å². The topological polar surface area (TPSA) is 46.6 Å². The molecule has 0 aliphatic carbocycles. The molecule has 23 heavy (non-hydrogen) atoms. The molecule has 0 saturated heterocycles. The molecule has 0 spiro atoms. The molecule has 0 aliphatic heterocycles. The van der Waals surface area contributed by atoms with Gasteiger partial charge in [0, 0.05) is 18.6 Å². The Balaban J connectivity index is 2.36. The summed E-state index contributed by atoms with van der Waals surface area (Å²) < 4.78 is 32.2. The summed E-state index contributed by atoms with van der Waals surface area (Å²) in [5.74, 6) is 0.706. The number of hydrogen-bond acceptors (Lipinski definition) is 3. The highest BCUT2D eigenvalue weighted by Gasteiger charge is 2.23. The molecule has 0 bridgehead atoms. The van der Waals surface area contributed by atoms with E-state index >= 15 is 0 Å². The van der Waals surface area contributed by atoms with E-state index < -0.39 is 10.0 Å². The maximum atomic E-state index is 12.8. The normalized spacial score (nSPS) is 11.7. The lowest BCUT2D eigenvalue weighted by atomic mass is 10.1. The van der Waals surface area contributed by atoms with Crippen LogP contribution in [0.5, 0.6) is 5.75 Å². The maximum absolute atomic E-state index is 12.8. The van der Waals surface area contributed by atoms with E-state index in [0.717, 1.165) is 16.7 Å². The maximum Gasteiger partial charge on any atom is 0.243 e. The summed E-state index contributed by atoms with van der Waals surface area (Å²) in [5.41, 5.74) is 2.34. The highest BCUT2D eigenvalue weighted by Crippen LogP contribution is 2.28. The molecule has 2 aromatic carbocycles. The number of benzene rings is 2. The predicted molar refractivity (Wildman–Crippen MR) is 92.6 cm³/mol. The summed E-state index contributed by atoms with van der Waals surface area (Å²) >= 11 is 6.12. The van der Waals surface area contributed by atoms with Gasteiger partial charge in [0.2, 0.25) is 10.0 Å². The van der Waals surface area contributed by atoms with Gasteiger partial charge < -0.3 is 4.74 Å². The van der Waals surface area contributed by atoms with E-state index in [0.29, 0.717) is 10.8 Å². The van der Waals surface area contributed by atoms with Crippen LogP contribution in [0.25, 0.3) is 0 Å². The van der Waals surface area contributed by atoms with Crippen molar-refractivity contribution in [2.24, 2.45) is 0 Å². The Morgan fingerprint density at radius 2 is 1.70 bits per heavy atom. The van der Waals surface area contributed by atoms with Gasteiger partial charge >= 0.3 is 0 Å². The predicted octanol–water partition coefficient (Wildman–Crippen LogP) is 3.79. The third-order valence-electron chi connectivity index (χ3n) is 3.70. The quantitative estimate of drug-likeness (QED) is 0.821. The van der Waals surface area contributed by atoms with Crippen LogP contribution in [0.3, 0.4) is 0 Å². The second kappa shape index (κ2) is 6.91. The summed E-state index contributed by atoms with van der Waals surface area (Å²) in [6.45, 7) is 3.88. The number of ether oxygens (including phenoxy) is 1. The van der Waals surface area contributed by atoms with E-state index in [9.17, 15) is 8.42 Å². The summed E-state index contributed by atoms with van der Waals surface area (Å²) in [5, 5.41) is 0.552. The SMILES string of the molecule is COc1c(C)cc(S(=O)(=O)N(C)Cc2ccccc2Cl)cc1C. The van der Waals surface area contributed by atoms with Gasteiger partial charge in [-0.3, -0.25) is 0 Å². The third-order valence-corrected chi connectivity index (χ3v) is 5.85. The number of aryl methyl sites for hydroxylation is 2. The highest BCUT2D eigenvalue weighted by molar-refractivity contribution is 7.89. The lowest BCUT2D eigenvalue weighted by molar-refractivity contribution is 0.408. The zero-order chi connectivity index (χ0) is 17.2. The fourth-order valence-corrected chi connectivity index (χ4v) is 4.03. The van der Waals surface area contributed by atoms with Crippen molar-refractivity contribution in [3.63, 3.8) is 0 Å². The number of methoxy groups -OCH3 is 1. The van der Waals surface area contributed by atoms with Crippen LogP contribution in [0, 0.1) is 13.8 Å². The first-order valence-corrected chi connectivity index (χ1v) is 8.94. The van der Waals surface area contributed by atoms with E-state index in [1.54, 1.807) is 32.4 Å². The molecule has 124 valence electrons. The van der Waals surface area contributed by atoms with Gasteiger partial charge in [0.05, 0.1) is 12.0 Å². The van der Waals surface area contributed by atoms with Gasteiger partial charge in [0.15, 0.2) is 0 Å². The van der Waals surface area contributed by atoms with Crippen molar-refractivity contribution >= 4 is 21.6 Å². The average Bonchev–Trinajstić information content (AvgIpc) is 2.49. The molecule has 0 fully saturated rings. The van der Waals surface area contributed by atoms with E-state index in [4.69, 9.17) is 16.3 Å². The minimum absolute atomic E-state index is 0.214. The van der Waals surface area contributed by atoms with Crippen molar-refractivity contribution in [2.75, 3.05) is 14.2 Å². The van der Waals surface area contributed by atoms with Crippen molar-refractivity contribution in [3.8, 4) is 5.75 Å². The molecule has 0 atom stereocenters. The Kier molecular flexibility index (Phi) is 5.34. The Labute approximate surface area is 142 Å². The van der Waals surface area contributed by atoms with Crippen LogP contribution in [0.15, 0.2) is 41.3 Å². The molecule has 0 heterocycles. The molecule has 0 radical (unpaired) electrons. The van der Waals surface area contributed by atoms with Gasteiger partial charge in [-0.15, -0.1) is 0 Å². The fourth-order valence-electron chi connectivity index (χ4n) is 2.51. The van der Waals surface area contributed by atoms with E-state index in [-0.39, 0.29) is 11.4 Å². The molecule has 0 unspecified atom stereocenters. The molecule has 2 rings (SSSR count). The first-order chi connectivity index (χ1) is 10.8. The smallest absolute Gasteiger partial charge is 0.243 e. The third kappa shape index (κ3) is 3.68. The van der Waals surface area contributed by atoms with Crippen molar-refractivity contribution in [1.82, 2.24) is 4.31 Å². The van der Waals surface area contributed by atoms with Crippen LogP contribution in [0.4, 0.5) is 0 Å². The molecule has 2 aromatic rings. The number of rotatable bonds is 5. The lowest BCUT2D eigenvalue weighted by Gasteiger charge is -2.19. The number of hydrogen-bond donors (Lipinski definition) is 0. The standard InChI is InChI=1S/C17H20ClNO3S/c1-12-9-15(10-13(2)17(12)22-4)23(20,21)19(3)11-14-7-5-6-8-16(14)18/h5-10H,11H2,1-4H3. The molecule has 0 amide bonds. The van der Waals surface area contributed by atoms with Gasteiger partial charge in [-0.1, -0.05) is 29.8 Å². The highest BCUT2D eigenvalue weighted by atomic mass is 35.5. The fraction of sp³-hybridized carbons (Fsp3) is 0.294. The molecule has 4 nitrogen and oxygen atoms in total. The van der Waals surface area contributed by atoms with Crippen LogP contribution in [-0.4, -0.2) is 26.9 Å². The van der Waals surface area contributed by atoms with Crippen molar-refractivity contribution in [1.29, 1.82) is 0 Å². The first kappa shape index (κ1) is 17.8. The van der Waals surface area contributed by atoms with Crippen molar-refractivity contribution in [3.05, 3.63) is 58.1 Å². The second-order valence-corrected chi connectivity index (χ2v) is 7.89. The van der Waals surface area contributed by atoms with E-state index in [2.05, 4.69) is 0 Å². The van der Waals surface area contributed by atoms with Crippen LogP contribution < -0.4 is 4.74 Å². The minimum atomic E-state index is -3.60. The Morgan fingerprint density at radius 3 is 2.22 bits per heavy atom. The Bertz CT molecular complexity index is 795. The van der Waals surface area contributed by atoms with Crippen molar-refractivity contribution < 1.29 is 13.2 Å². The summed E-state index contributed by atoms with van der Waals surface area (Å²) in [6.07, 6.45) is 0. The van der Waals surface area contributed by atoms with Crippen LogP contribution in [0.2, 0.25) is 5.02 Å². The Morgan fingerprint density at radius 1 is 1.13 bits per heavy atom. The first-order valence-electron chi connectivity index (χ1n) is 7.12. The Hall–Kier alpha value is -1.56. The number of sulfonamides is 1. The summed E-state index contributed by atoms with van der Waals surface area (Å²) in [6, 6.07) is 10.5. The molecular weight excluding hydrogens is 334 g/mol. The van der Waals surface area contributed by atoms with E-state index in [1.807, 2.05) is 32.0 Å². The number of halogens is 1. The van der Waals surface area contributed by atoms with Crippen LogP contribution >= 0.6 is 11.6 Å². The second-order valence-electron chi connectivity index (χ2n) is 5.44. The number of nitrogens with zero attached hydrogens (tertiary/aromatic N) is 1. The summed E-state index contributed by atoms with van der Waals surface area (Å²) in [7, 11) is -0.479. The summed E-state index contributed by atoms with van der Waals surface area (Å²) in [4.78, 5) is 0.253. The van der Waals surface area contributed by atoms with Gasteiger partial charge in [-0.2, -0.15) is 4.31 Å². The van der Waals surface area contributed by atoms with Crippen LogP contribution in [-0.2, 0) is 16.6 Å². The van der Waals surface area contributed by atoms with Gasteiger partial charge in [0.1, 0.15) is 5.75 Å². The largest absolute Gasteiger partial charge is 0.496 e. The van der Waals surface area contributed by atoms with Gasteiger partial charge in [0.25, 0.3) is 0 Å². The van der Waals surface area contributed by atoms with Gasteiger partial charge in [-0.25, -0.2) is 8.42 Å². The zero-order valence-corrected chi connectivity index (χ0v) is 15.2. The zero-order valence-electron chi connectivity index (χ0n) is 13.6. The van der Waals surface area contributed by atoms with Crippen LogP contribution in [0.1, 0.15) is 16.7 Å². The average molecular weight is 354 g/mol. The molecule has 0 saturated carbocycles. The monoisotopic (exact) mass is 353 g/mol. The lowest BCUT2D eigenvalue weighted by Crippen LogP contribution is -2.26. The molecular formula is C17H20ClNO3S. The molecule has 0 N–H and O–H groups in total.